The van der Waals surface area contributed by atoms with E-state index in [1.165, 1.54) is 6.92 Å². The van der Waals surface area contributed by atoms with Crippen LogP contribution in [0.4, 0.5) is 5.69 Å². The highest BCUT2D eigenvalue weighted by Crippen LogP contribution is 2.11. The van der Waals surface area contributed by atoms with Crippen molar-refractivity contribution in [1.82, 2.24) is 10.2 Å². The Morgan fingerprint density at radius 2 is 1.68 bits per heavy atom. The van der Waals surface area contributed by atoms with Gasteiger partial charge in [-0.15, -0.1) is 5.10 Å². The average molecular weight is 255 g/mol. The Hall–Kier alpha value is -2.56. The zero-order chi connectivity index (χ0) is 13.8. The van der Waals surface area contributed by atoms with Crippen LogP contribution in [-0.4, -0.2) is 21.9 Å². The number of benzene rings is 1. The molecule has 0 fully saturated rings. The van der Waals surface area contributed by atoms with Gasteiger partial charge in [-0.3, -0.25) is 9.59 Å². The number of nitrogens with one attached hydrogen (secondary N) is 1. The highest BCUT2D eigenvalue weighted by Gasteiger charge is 2.08. The van der Waals surface area contributed by atoms with Crippen LogP contribution in [-0.2, 0) is 0 Å². The van der Waals surface area contributed by atoms with Crippen LogP contribution < -0.4 is 5.32 Å². The fraction of sp³-hybridized carbons (Fsp3) is 0.143. The maximum Gasteiger partial charge on any atom is 0.276 e. The maximum atomic E-state index is 11.9. The van der Waals surface area contributed by atoms with Gasteiger partial charge in [0, 0.05) is 11.3 Å². The Balaban J connectivity index is 2.10. The summed E-state index contributed by atoms with van der Waals surface area (Å²) in [4.78, 5) is 23.0. The summed E-state index contributed by atoms with van der Waals surface area (Å²) in [6.07, 6.45) is 0. The molecule has 0 saturated heterocycles. The van der Waals surface area contributed by atoms with Crippen molar-refractivity contribution in [3.05, 3.63) is 53.3 Å². The summed E-state index contributed by atoms with van der Waals surface area (Å²) >= 11 is 0. The van der Waals surface area contributed by atoms with Gasteiger partial charge in [0.1, 0.15) is 0 Å². The maximum absolute atomic E-state index is 11.9. The highest BCUT2D eigenvalue weighted by molar-refractivity contribution is 6.03. The number of ketones is 1. The summed E-state index contributed by atoms with van der Waals surface area (Å²) in [7, 11) is 0. The molecule has 1 heterocycles. The molecule has 1 amide bonds. The molecule has 0 aliphatic carbocycles. The van der Waals surface area contributed by atoms with E-state index in [0.717, 1.165) is 5.69 Å². The number of aryl methyl sites for hydroxylation is 1. The van der Waals surface area contributed by atoms with Crippen LogP contribution >= 0.6 is 0 Å². The minimum absolute atomic E-state index is 0.0118. The third kappa shape index (κ3) is 3.22. The van der Waals surface area contributed by atoms with Crippen molar-refractivity contribution in [3.8, 4) is 0 Å². The number of aromatic nitrogens is 2. The van der Waals surface area contributed by atoms with Crippen molar-refractivity contribution in [2.75, 3.05) is 5.32 Å². The number of anilines is 1. The lowest BCUT2D eigenvalue weighted by Gasteiger charge is -2.05. The van der Waals surface area contributed by atoms with Gasteiger partial charge in [-0.1, -0.05) is 0 Å². The summed E-state index contributed by atoms with van der Waals surface area (Å²) in [5, 5.41) is 10.3. The monoisotopic (exact) mass is 255 g/mol. The fourth-order valence-corrected chi connectivity index (χ4v) is 1.50. The van der Waals surface area contributed by atoms with Gasteiger partial charge < -0.3 is 5.32 Å². The van der Waals surface area contributed by atoms with Crippen LogP contribution in [0.3, 0.4) is 0 Å². The van der Waals surface area contributed by atoms with Crippen molar-refractivity contribution in [1.29, 1.82) is 0 Å². The van der Waals surface area contributed by atoms with E-state index in [4.69, 9.17) is 0 Å². The number of amides is 1. The Morgan fingerprint density at radius 3 is 2.21 bits per heavy atom. The molecule has 0 spiro atoms. The van der Waals surface area contributed by atoms with E-state index >= 15 is 0 Å². The number of carbonyl (C=O) groups excluding carboxylic acids is 2. The Morgan fingerprint density at radius 1 is 1.00 bits per heavy atom. The molecule has 0 saturated carbocycles. The standard InChI is InChI=1S/C14H13N3O2/c1-9-3-8-13(17-16-9)14(19)15-12-6-4-11(5-7-12)10(2)18/h3-8H,1-2H3,(H,15,19). The van der Waals surface area contributed by atoms with Crippen molar-refractivity contribution >= 4 is 17.4 Å². The molecule has 2 rings (SSSR count). The summed E-state index contributed by atoms with van der Waals surface area (Å²) in [6, 6.07) is 10.0. The molecule has 1 aromatic carbocycles. The van der Waals surface area contributed by atoms with Gasteiger partial charge in [-0.05, 0) is 50.2 Å². The van der Waals surface area contributed by atoms with Crippen LogP contribution in [0.2, 0.25) is 0 Å². The molecule has 5 nitrogen and oxygen atoms in total. The molecule has 2 aromatic rings. The average Bonchev–Trinajstić information content (AvgIpc) is 2.40. The third-order valence-corrected chi connectivity index (χ3v) is 2.58. The smallest absolute Gasteiger partial charge is 0.276 e. The third-order valence-electron chi connectivity index (χ3n) is 2.58. The summed E-state index contributed by atoms with van der Waals surface area (Å²) in [5.74, 6) is -0.342. The van der Waals surface area contributed by atoms with E-state index in [1.54, 1.807) is 43.3 Å². The predicted octanol–water partition coefficient (Wildman–Crippen LogP) is 2.24. The first-order valence-electron chi connectivity index (χ1n) is 5.79. The van der Waals surface area contributed by atoms with Gasteiger partial charge in [0.2, 0.25) is 0 Å². The second-order valence-corrected chi connectivity index (χ2v) is 4.15. The molecule has 19 heavy (non-hydrogen) atoms. The first kappa shape index (κ1) is 12.9. The minimum atomic E-state index is -0.330. The largest absolute Gasteiger partial charge is 0.321 e. The zero-order valence-electron chi connectivity index (χ0n) is 10.7. The Kier molecular flexibility index (Phi) is 3.66. The zero-order valence-corrected chi connectivity index (χ0v) is 10.7. The van der Waals surface area contributed by atoms with E-state index in [0.29, 0.717) is 11.3 Å². The second-order valence-electron chi connectivity index (χ2n) is 4.15. The number of rotatable bonds is 3. The van der Waals surface area contributed by atoms with Crippen molar-refractivity contribution in [2.45, 2.75) is 13.8 Å². The van der Waals surface area contributed by atoms with Crippen LogP contribution in [0.25, 0.3) is 0 Å². The molecule has 0 radical (unpaired) electrons. The molecule has 0 unspecified atom stereocenters. The van der Waals surface area contributed by atoms with Crippen molar-refractivity contribution in [2.24, 2.45) is 0 Å². The summed E-state index contributed by atoms with van der Waals surface area (Å²) < 4.78 is 0. The molecule has 0 bridgehead atoms. The Bertz CT molecular complexity index is 604. The van der Waals surface area contributed by atoms with Crippen LogP contribution in [0, 0.1) is 6.92 Å². The van der Waals surface area contributed by atoms with Gasteiger partial charge in [0.15, 0.2) is 11.5 Å². The van der Waals surface area contributed by atoms with Gasteiger partial charge in [0.05, 0.1) is 5.69 Å². The first-order chi connectivity index (χ1) is 9.06. The number of hydrogen-bond donors (Lipinski definition) is 1. The lowest BCUT2D eigenvalue weighted by Crippen LogP contribution is -2.14. The molecule has 0 atom stereocenters. The number of Topliss-reactive ketones (excluding diaryl/α,β-unsaturated/α-hetero) is 1. The molecule has 0 aliphatic heterocycles. The minimum Gasteiger partial charge on any atom is -0.321 e. The number of hydrogen-bond acceptors (Lipinski definition) is 4. The summed E-state index contributed by atoms with van der Waals surface area (Å²) in [6.45, 7) is 3.30. The van der Waals surface area contributed by atoms with E-state index < -0.39 is 0 Å². The predicted molar refractivity (Wildman–Crippen MR) is 71.2 cm³/mol. The SMILES string of the molecule is CC(=O)c1ccc(NC(=O)c2ccc(C)nn2)cc1. The van der Waals surface area contributed by atoms with E-state index in [-0.39, 0.29) is 17.4 Å². The van der Waals surface area contributed by atoms with E-state index in [1.807, 2.05) is 0 Å². The first-order valence-corrected chi connectivity index (χ1v) is 5.79. The molecule has 96 valence electrons. The highest BCUT2D eigenvalue weighted by atomic mass is 16.2. The van der Waals surface area contributed by atoms with Gasteiger partial charge in [-0.25, -0.2) is 0 Å². The molecule has 0 aliphatic rings. The lowest BCUT2D eigenvalue weighted by atomic mass is 10.1. The van der Waals surface area contributed by atoms with Gasteiger partial charge in [0.25, 0.3) is 5.91 Å². The summed E-state index contributed by atoms with van der Waals surface area (Å²) in [5.41, 5.74) is 2.22. The van der Waals surface area contributed by atoms with Crippen molar-refractivity contribution in [3.63, 3.8) is 0 Å². The molecular weight excluding hydrogens is 242 g/mol. The normalized spacial score (nSPS) is 10.0. The number of nitrogens with zero attached hydrogens (tertiary/aromatic N) is 2. The fourth-order valence-electron chi connectivity index (χ4n) is 1.50. The Labute approximate surface area is 110 Å². The van der Waals surface area contributed by atoms with Crippen LogP contribution in [0.5, 0.6) is 0 Å². The second kappa shape index (κ2) is 5.39. The van der Waals surface area contributed by atoms with E-state index in [2.05, 4.69) is 15.5 Å². The molecule has 1 aromatic heterocycles. The molecule has 1 N–H and O–H groups in total. The van der Waals surface area contributed by atoms with Crippen LogP contribution in [0.1, 0.15) is 33.5 Å². The van der Waals surface area contributed by atoms with Crippen molar-refractivity contribution < 1.29 is 9.59 Å². The topological polar surface area (TPSA) is 72.0 Å². The van der Waals surface area contributed by atoms with Gasteiger partial charge >= 0.3 is 0 Å². The van der Waals surface area contributed by atoms with E-state index in [9.17, 15) is 9.59 Å². The van der Waals surface area contributed by atoms with Gasteiger partial charge in [-0.2, -0.15) is 5.10 Å². The molecule has 5 heteroatoms. The lowest BCUT2D eigenvalue weighted by molar-refractivity contribution is 0.101. The number of carbonyl (C=O) groups is 2. The van der Waals surface area contributed by atoms with Crippen LogP contribution in [0.15, 0.2) is 36.4 Å². The molecular formula is C14H13N3O2. The quantitative estimate of drug-likeness (QED) is 0.854.